The molecule has 32 heavy (non-hydrogen) atoms. The van der Waals surface area contributed by atoms with Crippen LogP contribution in [-0.2, 0) is 11.2 Å². The number of aliphatic imine (C=N–C) groups is 2. The van der Waals surface area contributed by atoms with Gasteiger partial charge in [-0.1, -0.05) is 5.16 Å². The van der Waals surface area contributed by atoms with Crippen LogP contribution in [-0.4, -0.2) is 55.0 Å². The zero-order valence-corrected chi connectivity index (χ0v) is 20.9. The highest BCUT2D eigenvalue weighted by Crippen LogP contribution is 2.35. The predicted octanol–water partition coefficient (Wildman–Crippen LogP) is 1.19. The van der Waals surface area contributed by atoms with Crippen molar-refractivity contribution in [1.82, 2.24) is 5.32 Å². The molecule has 178 valence electrons. The van der Waals surface area contributed by atoms with E-state index in [1.807, 2.05) is 12.1 Å². The van der Waals surface area contributed by atoms with E-state index in [0.29, 0.717) is 47.4 Å². The lowest BCUT2D eigenvalue weighted by atomic mass is 10.1. The maximum Gasteiger partial charge on any atom is 0.269 e. The van der Waals surface area contributed by atoms with Crippen LogP contribution in [0.3, 0.4) is 0 Å². The van der Waals surface area contributed by atoms with Gasteiger partial charge < -0.3 is 38.2 Å². The van der Waals surface area contributed by atoms with Crippen LogP contribution in [0.4, 0.5) is 0 Å². The first-order valence-corrected chi connectivity index (χ1v) is 11.5. The largest absolute Gasteiger partial charge is 0.491 e. The SMILES string of the molecule is NC(N)=NCCCCNC(=O)/C(Cc1cc(Br)c(OCCCCN=C(N)N)c(Br)c1)=N\O. The molecule has 10 N–H and O–H groups in total. The fourth-order valence-electron chi connectivity index (χ4n) is 2.55. The molecular formula is C19H30Br2N8O3. The van der Waals surface area contributed by atoms with Crippen molar-refractivity contribution >= 4 is 55.4 Å². The van der Waals surface area contributed by atoms with Gasteiger partial charge in [0.2, 0.25) is 0 Å². The zero-order valence-electron chi connectivity index (χ0n) is 17.7. The Morgan fingerprint density at radius 3 is 2.06 bits per heavy atom. The maximum atomic E-state index is 12.3. The molecule has 0 fully saturated rings. The summed E-state index contributed by atoms with van der Waals surface area (Å²) >= 11 is 6.97. The average Bonchev–Trinajstić information content (AvgIpc) is 2.72. The van der Waals surface area contributed by atoms with Crippen LogP contribution in [0.15, 0.2) is 36.2 Å². The Labute approximate surface area is 204 Å². The third-order valence-corrected chi connectivity index (χ3v) is 5.25. The molecule has 1 aromatic rings. The van der Waals surface area contributed by atoms with Crippen LogP contribution in [0.1, 0.15) is 31.2 Å². The van der Waals surface area contributed by atoms with E-state index >= 15 is 0 Å². The van der Waals surface area contributed by atoms with Crippen LogP contribution in [0.2, 0.25) is 0 Å². The number of hydrogen-bond donors (Lipinski definition) is 6. The fraction of sp³-hybridized carbons (Fsp3) is 0.474. The Kier molecular flexibility index (Phi) is 13.1. The van der Waals surface area contributed by atoms with Gasteiger partial charge in [-0.05, 0) is 75.2 Å². The van der Waals surface area contributed by atoms with Crippen molar-refractivity contribution in [1.29, 1.82) is 0 Å². The zero-order chi connectivity index (χ0) is 23.9. The third-order valence-electron chi connectivity index (χ3n) is 4.07. The Morgan fingerprint density at radius 2 is 1.53 bits per heavy atom. The van der Waals surface area contributed by atoms with Gasteiger partial charge in [-0.2, -0.15) is 0 Å². The number of guanidine groups is 2. The smallest absolute Gasteiger partial charge is 0.269 e. The second-order valence-electron chi connectivity index (χ2n) is 6.74. The van der Waals surface area contributed by atoms with E-state index in [-0.39, 0.29) is 24.1 Å². The second kappa shape index (κ2) is 15.3. The van der Waals surface area contributed by atoms with Gasteiger partial charge >= 0.3 is 0 Å². The van der Waals surface area contributed by atoms with Gasteiger partial charge in [0.05, 0.1) is 15.6 Å². The van der Waals surface area contributed by atoms with Crippen molar-refractivity contribution in [2.24, 2.45) is 38.1 Å². The van der Waals surface area contributed by atoms with Gasteiger partial charge in [0.1, 0.15) is 11.5 Å². The second-order valence-corrected chi connectivity index (χ2v) is 8.45. The number of nitrogens with zero attached hydrogens (tertiary/aromatic N) is 3. The molecule has 0 aromatic heterocycles. The molecule has 0 saturated carbocycles. The van der Waals surface area contributed by atoms with E-state index < -0.39 is 5.91 Å². The normalized spacial score (nSPS) is 11.0. The molecule has 1 rings (SSSR count). The molecule has 0 heterocycles. The van der Waals surface area contributed by atoms with Crippen molar-refractivity contribution in [3.05, 3.63) is 26.6 Å². The molecule has 13 heteroatoms. The summed E-state index contributed by atoms with van der Waals surface area (Å²) in [6.07, 6.45) is 3.14. The molecule has 0 unspecified atom stereocenters. The molecule has 1 aromatic carbocycles. The Hall–Kier alpha value is -2.54. The predicted molar refractivity (Wildman–Crippen MR) is 133 cm³/mol. The summed E-state index contributed by atoms with van der Waals surface area (Å²) in [6.45, 7) is 1.95. The number of hydrogen-bond acceptors (Lipinski definition) is 6. The molecule has 0 spiro atoms. The molecule has 11 nitrogen and oxygen atoms in total. The average molecular weight is 578 g/mol. The van der Waals surface area contributed by atoms with Crippen molar-refractivity contribution in [2.45, 2.75) is 32.1 Å². The van der Waals surface area contributed by atoms with Crippen LogP contribution < -0.4 is 33.0 Å². The quantitative estimate of drug-likeness (QED) is 0.0626. The van der Waals surface area contributed by atoms with Gasteiger partial charge in [-0.15, -0.1) is 0 Å². The summed E-state index contributed by atoms with van der Waals surface area (Å²) in [5, 5.41) is 15.2. The van der Waals surface area contributed by atoms with Gasteiger partial charge in [0, 0.05) is 26.1 Å². The number of halogens is 2. The molecular weight excluding hydrogens is 548 g/mol. The molecule has 0 aliphatic carbocycles. The van der Waals surface area contributed by atoms with Crippen molar-refractivity contribution in [3.8, 4) is 5.75 Å². The highest BCUT2D eigenvalue weighted by Gasteiger charge is 2.16. The number of unbranched alkanes of at least 4 members (excludes halogenated alkanes) is 2. The lowest BCUT2D eigenvalue weighted by Gasteiger charge is -2.13. The summed E-state index contributed by atoms with van der Waals surface area (Å²) < 4.78 is 7.24. The van der Waals surface area contributed by atoms with Gasteiger partial charge in [0.15, 0.2) is 11.9 Å². The number of rotatable bonds is 14. The number of nitrogens with two attached hydrogens (primary N) is 4. The number of carbonyl (C=O) groups excluding carboxylic acids is 1. The third kappa shape index (κ3) is 11.2. The van der Waals surface area contributed by atoms with Gasteiger partial charge in [0.25, 0.3) is 5.91 Å². The minimum absolute atomic E-state index is 0.00132. The summed E-state index contributed by atoms with van der Waals surface area (Å²) in [4.78, 5) is 20.1. The van der Waals surface area contributed by atoms with Crippen LogP contribution >= 0.6 is 31.9 Å². The van der Waals surface area contributed by atoms with E-state index in [1.54, 1.807) is 0 Å². The number of amides is 1. The first kappa shape index (κ1) is 27.5. The van der Waals surface area contributed by atoms with E-state index in [9.17, 15) is 10.0 Å². The number of ether oxygens (including phenoxy) is 1. The molecule has 1 amide bonds. The summed E-state index contributed by atoms with van der Waals surface area (Å²) in [7, 11) is 0. The minimum Gasteiger partial charge on any atom is -0.491 e. The molecule has 0 aliphatic heterocycles. The molecule has 0 atom stereocenters. The van der Waals surface area contributed by atoms with E-state index in [1.165, 1.54) is 0 Å². The highest BCUT2D eigenvalue weighted by molar-refractivity contribution is 9.11. The molecule has 0 saturated heterocycles. The Balaban J connectivity index is 2.55. The van der Waals surface area contributed by atoms with E-state index in [0.717, 1.165) is 24.8 Å². The monoisotopic (exact) mass is 576 g/mol. The lowest BCUT2D eigenvalue weighted by molar-refractivity contribution is -0.115. The van der Waals surface area contributed by atoms with E-state index in [4.69, 9.17) is 27.7 Å². The summed E-state index contributed by atoms with van der Waals surface area (Å²) in [5.74, 6) is 0.320. The van der Waals surface area contributed by atoms with Crippen molar-refractivity contribution in [3.63, 3.8) is 0 Å². The maximum absolute atomic E-state index is 12.3. The first-order valence-electron chi connectivity index (χ1n) is 9.95. The van der Waals surface area contributed by atoms with Crippen molar-refractivity contribution in [2.75, 3.05) is 26.2 Å². The highest BCUT2D eigenvalue weighted by atomic mass is 79.9. The lowest BCUT2D eigenvalue weighted by Crippen LogP contribution is -2.33. The van der Waals surface area contributed by atoms with Crippen LogP contribution in [0, 0.1) is 0 Å². The molecule has 0 aliphatic rings. The topological polar surface area (TPSA) is 200 Å². The first-order chi connectivity index (χ1) is 15.2. The summed E-state index contributed by atoms with van der Waals surface area (Å²) in [6, 6.07) is 3.63. The van der Waals surface area contributed by atoms with E-state index in [2.05, 4.69) is 52.3 Å². The number of benzene rings is 1. The fourth-order valence-corrected chi connectivity index (χ4v) is 4.06. The van der Waals surface area contributed by atoms with Crippen molar-refractivity contribution < 1.29 is 14.7 Å². The Morgan fingerprint density at radius 1 is 0.969 bits per heavy atom. The van der Waals surface area contributed by atoms with Crippen LogP contribution in [0.25, 0.3) is 0 Å². The van der Waals surface area contributed by atoms with Gasteiger partial charge in [-0.25, -0.2) is 0 Å². The number of nitrogens with one attached hydrogen (secondary N) is 1. The number of oxime groups is 1. The van der Waals surface area contributed by atoms with Crippen LogP contribution in [0.5, 0.6) is 5.75 Å². The molecule has 0 radical (unpaired) electrons. The van der Waals surface area contributed by atoms with Gasteiger partial charge in [-0.3, -0.25) is 14.8 Å². The molecule has 0 bridgehead atoms. The Bertz CT molecular complexity index is 815. The number of carbonyl (C=O) groups is 1. The summed E-state index contributed by atoms with van der Waals surface area (Å²) in [5.41, 5.74) is 21.9. The minimum atomic E-state index is -0.442. The standard InChI is InChI=1S/C19H30Br2N8O3/c20-13-9-12(10-14(21)16(13)32-8-4-3-7-28-19(24)25)11-15(29-31)17(30)26-5-1-2-6-27-18(22)23/h9-10,31H,1-8,11H2,(H,26,30)(H4,22,23,27)(H4,24,25,28)/b29-15-.